The van der Waals surface area contributed by atoms with E-state index in [1.807, 2.05) is 6.92 Å². The van der Waals surface area contributed by atoms with Gasteiger partial charge >= 0.3 is 6.18 Å². The van der Waals surface area contributed by atoms with E-state index in [1.54, 1.807) is 6.07 Å². The maximum absolute atomic E-state index is 12.7. The van der Waals surface area contributed by atoms with Crippen molar-refractivity contribution in [1.82, 2.24) is 10.2 Å². The first kappa shape index (κ1) is 17.3. The van der Waals surface area contributed by atoms with Crippen LogP contribution in [0.5, 0.6) is 0 Å². The van der Waals surface area contributed by atoms with Gasteiger partial charge in [0.1, 0.15) is 0 Å². The highest BCUT2D eigenvalue weighted by Gasteiger charge is 2.30. The highest BCUT2D eigenvalue weighted by Crippen LogP contribution is 2.29. The van der Waals surface area contributed by atoms with Crippen molar-refractivity contribution in [2.24, 2.45) is 0 Å². The van der Waals surface area contributed by atoms with Gasteiger partial charge in [0.2, 0.25) is 0 Å². The molecule has 0 aromatic heterocycles. The Morgan fingerprint density at radius 3 is 2.59 bits per heavy atom. The minimum Gasteiger partial charge on any atom is -0.313 e. The molecule has 1 aliphatic heterocycles. The van der Waals surface area contributed by atoms with Crippen LogP contribution in [0.15, 0.2) is 24.3 Å². The lowest BCUT2D eigenvalue weighted by atomic mass is 10.0. The summed E-state index contributed by atoms with van der Waals surface area (Å²) in [5.41, 5.74) is 0.165. The van der Waals surface area contributed by atoms with Gasteiger partial charge in [0.25, 0.3) is 0 Å². The second kappa shape index (κ2) is 7.97. The molecule has 0 radical (unpaired) electrons. The maximum atomic E-state index is 12.7. The summed E-state index contributed by atoms with van der Waals surface area (Å²) in [5.74, 6) is 0. The summed E-state index contributed by atoms with van der Waals surface area (Å²) in [6.45, 7) is 6.27. The lowest BCUT2D eigenvalue weighted by Crippen LogP contribution is -2.39. The Hall–Kier alpha value is -1.07. The molecular formula is C17H25F3N2. The quantitative estimate of drug-likeness (QED) is 0.861. The van der Waals surface area contributed by atoms with E-state index in [0.717, 1.165) is 24.7 Å². The molecule has 2 rings (SSSR count). The molecule has 124 valence electrons. The average molecular weight is 314 g/mol. The fourth-order valence-electron chi connectivity index (χ4n) is 2.95. The molecule has 0 unspecified atom stereocenters. The number of piperidine rings is 1. The minimum absolute atomic E-state index is 0.174. The van der Waals surface area contributed by atoms with Crippen LogP contribution in [-0.4, -0.2) is 37.1 Å². The van der Waals surface area contributed by atoms with Crippen molar-refractivity contribution >= 4 is 0 Å². The average Bonchev–Trinajstić information content (AvgIpc) is 2.48. The molecule has 0 saturated carbocycles. The zero-order chi connectivity index (χ0) is 16.0. The molecule has 1 fully saturated rings. The Morgan fingerprint density at radius 1 is 1.18 bits per heavy atom. The van der Waals surface area contributed by atoms with Crippen LogP contribution in [0.3, 0.4) is 0 Å². The van der Waals surface area contributed by atoms with Crippen LogP contribution in [0, 0.1) is 0 Å². The van der Waals surface area contributed by atoms with Gasteiger partial charge in [0.15, 0.2) is 0 Å². The first-order chi connectivity index (χ1) is 10.4. The maximum Gasteiger partial charge on any atom is 0.416 e. The normalized spacial score (nSPS) is 18.4. The third-order valence-electron chi connectivity index (χ3n) is 4.17. The summed E-state index contributed by atoms with van der Waals surface area (Å²) in [6, 6.07) is 5.80. The van der Waals surface area contributed by atoms with Crippen molar-refractivity contribution in [3.63, 3.8) is 0 Å². The number of hydrogen-bond acceptors (Lipinski definition) is 2. The van der Waals surface area contributed by atoms with Crippen molar-refractivity contribution in [2.45, 2.75) is 44.8 Å². The number of rotatable bonds is 6. The number of benzene rings is 1. The van der Waals surface area contributed by atoms with Gasteiger partial charge in [0.05, 0.1) is 5.56 Å². The van der Waals surface area contributed by atoms with Crippen LogP contribution < -0.4 is 5.32 Å². The summed E-state index contributed by atoms with van der Waals surface area (Å²) in [5, 5.41) is 3.41. The van der Waals surface area contributed by atoms with Gasteiger partial charge in [0, 0.05) is 19.1 Å². The van der Waals surface area contributed by atoms with Crippen LogP contribution in [0.4, 0.5) is 13.2 Å². The molecule has 1 aliphatic rings. The topological polar surface area (TPSA) is 15.3 Å². The van der Waals surface area contributed by atoms with Crippen LogP contribution in [0.25, 0.3) is 0 Å². The lowest BCUT2D eigenvalue weighted by molar-refractivity contribution is -0.137. The second-order valence-electron chi connectivity index (χ2n) is 6.16. The van der Waals surface area contributed by atoms with Gasteiger partial charge in [-0.2, -0.15) is 13.2 Å². The fourth-order valence-corrected chi connectivity index (χ4v) is 2.95. The SMILES string of the molecule is C[C@H](Cc1cccc(C(F)(F)F)c1)NCCN1CCCCC1. The van der Waals surface area contributed by atoms with Crippen LogP contribution in [0.2, 0.25) is 0 Å². The smallest absolute Gasteiger partial charge is 0.313 e. The van der Waals surface area contributed by atoms with Gasteiger partial charge in [-0.3, -0.25) is 0 Å². The molecule has 2 nitrogen and oxygen atoms in total. The minimum atomic E-state index is -4.26. The van der Waals surface area contributed by atoms with E-state index in [9.17, 15) is 13.2 Å². The molecular weight excluding hydrogens is 289 g/mol. The van der Waals surface area contributed by atoms with Gasteiger partial charge in [-0.15, -0.1) is 0 Å². The van der Waals surface area contributed by atoms with E-state index in [4.69, 9.17) is 0 Å². The molecule has 0 aliphatic carbocycles. The molecule has 0 amide bonds. The highest BCUT2D eigenvalue weighted by molar-refractivity contribution is 5.26. The summed E-state index contributed by atoms with van der Waals surface area (Å²) >= 11 is 0. The van der Waals surface area contributed by atoms with Crippen molar-refractivity contribution in [3.8, 4) is 0 Å². The molecule has 1 aromatic rings. The summed E-state index contributed by atoms with van der Waals surface area (Å²) in [6.07, 6.45) is 0.236. The Kier molecular flexibility index (Phi) is 6.26. The van der Waals surface area contributed by atoms with E-state index >= 15 is 0 Å². The lowest BCUT2D eigenvalue weighted by Gasteiger charge is -2.27. The molecule has 0 bridgehead atoms. The predicted molar refractivity (Wildman–Crippen MR) is 82.9 cm³/mol. The van der Waals surface area contributed by atoms with Crippen molar-refractivity contribution < 1.29 is 13.2 Å². The molecule has 22 heavy (non-hydrogen) atoms. The first-order valence-electron chi connectivity index (χ1n) is 8.07. The molecule has 1 N–H and O–H groups in total. The van der Waals surface area contributed by atoms with Crippen molar-refractivity contribution in [2.75, 3.05) is 26.2 Å². The summed E-state index contributed by atoms with van der Waals surface area (Å²) in [4.78, 5) is 2.45. The van der Waals surface area contributed by atoms with E-state index in [0.29, 0.717) is 6.42 Å². The molecule has 0 spiro atoms. The van der Waals surface area contributed by atoms with Crippen LogP contribution in [-0.2, 0) is 12.6 Å². The fraction of sp³-hybridized carbons (Fsp3) is 0.647. The first-order valence-corrected chi connectivity index (χ1v) is 8.07. The van der Waals surface area contributed by atoms with Gasteiger partial charge < -0.3 is 10.2 Å². The Bertz CT molecular complexity index is 453. The molecule has 1 saturated heterocycles. The van der Waals surface area contributed by atoms with E-state index in [2.05, 4.69) is 10.2 Å². The summed E-state index contributed by atoms with van der Waals surface area (Å²) in [7, 11) is 0. The zero-order valence-corrected chi connectivity index (χ0v) is 13.1. The van der Waals surface area contributed by atoms with E-state index < -0.39 is 11.7 Å². The van der Waals surface area contributed by atoms with Gasteiger partial charge in [-0.05, 0) is 50.9 Å². The predicted octanol–water partition coefficient (Wildman–Crippen LogP) is 3.71. The van der Waals surface area contributed by atoms with Crippen molar-refractivity contribution in [1.29, 1.82) is 0 Å². The number of alkyl halides is 3. The number of halogens is 3. The Morgan fingerprint density at radius 2 is 1.91 bits per heavy atom. The molecule has 5 heteroatoms. The highest BCUT2D eigenvalue weighted by atomic mass is 19.4. The third kappa shape index (κ3) is 5.61. The van der Waals surface area contributed by atoms with E-state index in [1.165, 1.54) is 44.5 Å². The monoisotopic (exact) mass is 314 g/mol. The number of nitrogens with zero attached hydrogens (tertiary/aromatic N) is 1. The largest absolute Gasteiger partial charge is 0.416 e. The second-order valence-corrected chi connectivity index (χ2v) is 6.16. The van der Waals surface area contributed by atoms with Gasteiger partial charge in [-0.25, -0.2) is 0 Å². The van der Waals surface area contributed by atoms with E-state index in [-0.39, 0.29) is 6.04 Å². The van der Waals surface area contributed by atoms with Crippen LogP contribution >= 0.6 is 0 Å². The standard InChI is InChI=1S/C17H25F3N2/c1-14(21-8-11-22-9-3-2-4-10-22)12-15-6-5-7-16(13-15)17(18,19)20/h5-7,13-14,21H,2-4,8-12H2,1H3/t14-/m1/s1. The van der Waals surface area contributed by atoms with Crippen molar-refractivity contribution in [3.05, 3.63) is 35.4 Å². The zero-order valence-electron chi connectivity index (χ0n) is 13.1. The molecule has 1 heterocycles. The molecule has 1 atom stereocenters. The Labute approximate surface area is 130 Å². The van der Waals surface area contributed by atoms with Crippen LogP contribution in [0.1, 0.15) is 37.3 Å². The number of nitrogens with one attached hydrogen (secondary N) is 1. The Balaban J connectivity index is 1.75. The molecule has 1 aromatic carbocycles. The van der Waals surface area contributed by atoms with Gasteiger partial charge in [-0.1, -0.05) is 24.6 Å². The summed E-state index contributed by atoms with van der Waals surface area (Å²) < 4.78 is 38.1. The number of hydrogen-bond donors (Lipinski definition) is 1. The third-order valence-corrected chi connectivity index (χ3v) is 4.17. The number of likely N-dealkylation sites (tertiary alicyclic amines) is 1.